The molecular formula is C12H12ClN3O5. The topological polar surface area (TPSA) is 114 Å². The number of amides is 1. The number of nitrogens with zero attached hydrogens (tertiary/aromatic N) is 3. The average molecular weight is 314 g/mol. The summed E-state index contributed by atoms with van der Waals surface area (Å²) in [6.45, 7) is 0.394. The minimum absolute atomic E-state index is 0.0317. The highest BCUT2D eigenvalue weighted by Crippen LogP contribution is 2.25. The van der Waals surface area contributed by atoms with Crippen LogP contribution in [0.3, 0.4) is 0 Å². The van der Waals surface area contributed by atoms with Crippen molar-refractivity contribution in [1.82, 2.24) is 9.88 Å². The molecule has 1 N–H and O–H groups in total. The van der Waals surface area contributed by atoms with Crippen molar-refractivity contribution in [2.24, 2.45) is 5.92 Å². The SMILES string of the molecule is O=C(O)[C@@H]1CCCN(C(=O)c2cc(Cl)ncc2[N+](=O)[O-])C1. The normalized spacial score (nSPS) is 18.3. The number of hydrogen-bond acceptors (Lipinski definition) is 5. The van der Waals surface area contributed by atoms with Crippen LogP contribution in [0.1, 0.15) is 23.2 Å². The van der Waals surface area contributed by atoms with Gasteiger partial charge in [-0.2, -0.15) is 0 Å². The highest BCUT2D eigenvalue weighted by molar-refractivity contribution is 6.29. The number of carbonyl (C=O) groups excluding carboxylic acids is 1. The van der Waals surface area contributed by atoms with Gasteiger partial charge < -0.3 is 10.0 Å². The summed E-state index contributed by atoms with van der Waals surface area (Å²) < 4.78 is 0. The first-order valence-electron chi connectivity index (χ1n) is 6.22. The number of piperidine rings is 1. The second-order valence-electron chi connectivity index (χ2n) is 4.71. The third-order valence-corrected chi connectivity index (χ3v) is 3.54. The summed E-state index contributed by atoms with van der Waals surface area (Å²) in [7, 11) is 0. The summed E-state index contributed by atoms with van der Waals surface area (Å²) in [6.07, 6.45) is 1.95. The van der Waals surface area contributed by atoms with Crippen LogP contribution in [-0.4, -0.2) is 44.9 Å². The molecule has 2 heterocycles. The van der Waals surface area contributed by atoms with E-state index in [2.05, 4.69) is 4.98 Å². The smallest absolute Gasteiger partial charge is 0.308 e. The number of pyridine rings is 1. The van der Waals surface area contributed by atoms with Crippen molar-refractivity contribution >= 4 is 29.2 Å². The monoisotopic (exact) mass is 313 g/mol. The molecule has 1 fully saturated rings. The molecule has 0 unspecified atom stereocenters. The lowest BCUT2D eigenvalue weighted by Gasteiger charge is -2.30. The molecule has 1 atom stereocenters. The van der Waals surface area contributed by atoms with E-state index in [9.17, 15) is 19.7 Å². The van der Waals surface area contributed by atoms with Crippen molar-refractivity contribution in [3.8, 4) is 0 Å². The molecule has 112 valence electrons. The maximum absolute atomic E-state index is 12.4. The number of halogens is 1. The van der Waals surface area contributed by atoms with Crippen molar-refractivity contribution in [1.29, 1.82) is 0 Å². The van der Waals surface area contributed by atoms with Crippen LogP contribution in [0.5, 0.6) is 0 Å². The van der Waals surface area contributed by atoms with E-state index in [0.717, 1.165) is 12.3 Å². The van der Waals surface area contributed by atoms with Crippen molar-refractivity contribution in [3.63, 3.8) is 0 Å². The predicted octanol–water partition coefficient (Wildman–Crippen LogP) is 1.58. The van der Waals surface area contributed by atoms with Crippen molar-refractivity contribution in [2.45, 2.75) is 12.8 Å². The van der Waals surface area contributed by atoms with Crippen LogP contribution in [0, 0.1) is 16.0 Å². The van der Waals surface area contributed by atoms with E-state index in [1.165, 1.54) is 4.90 Å². The van der Waals surface area contributed by atoms with Crippen LogP contribution < -0.4 is 0 Å². The number of carbonyl (C=O) groups is 2. The zero-order valence-electron chi connectivity index (χ0n) is 10.9. The summed E-state index contributed by atoms with van der Waals surface area (Å²) in [4.78, 5) is 38.5. The molecule has 8 nitrogen and oxygen atoms in total. The van der Waals surface area contributed by atoms with Crippen LogP contribution in [0.15, 0.2) is 12.3 Å². The minimum atomic E-state index is -0.977. The number of nitro groups is 1. The van der Waals surface area contributed by atoms with Gasteiger partial charge in [0.05, 0.1) is 10.8 Å². The van der Waals surface area contributed by atoms with E-state index in [1.54, 1.807) is 0 Å². The van der Waals surface area contributed by atoms with Crippen LogP contribution in [0.2, 0.25) is 5.15 Å². The quantitative estimate of drug-likeness (QED) is 0.515. The second kappa shape index (κ2) is 6.04. The first-order valence-corrected chi connectivity index (χ1v) is 6.60. The van der Waals surface area contributed by atoms with Gasteiger partial charge >= 0.3 is 5.97 Å². The van der Waals surface area contributed by atoms with Crippen LogP contribution in [0.4, 0.5) is 5.69 Å². The van der Waals surface area contributed by atoms with Gasteiger partial charge in [0, 0.05) is 13.1 Å². The number of aliphatic carboxylic acids is 1. The van der Waals surface area contributed by atoms with E-state index in [1.807, 2.05) is 0 Å². The molecule has 1 saturated heterocycles. The Hall–Kier alpha value is -2.22. The van der Waals surface area contributed by atoms with Gasteiger partial charge in [-0.3, -0.25) is 19.7 Å². The Bertz CT molecular complexity index is 607. The average Bonchev–Trinajstić information content (AvgIpc) is 2.46. The molecule has 1 aromatic heterocycles. The van der Waals surface area contributed by atoms with E-state index < -0.39 is 28.4 Å². The summed E-state index contributed by atoms with van der Waals surface area (Å²) in [5.41, 5.74) is -0.618. The van der Waals surface area contributed by atoms with Crippen LogP contribution in [0.25, 0.3) is 0 Å². The maximum Gasteiger partial charge on any atom is 0.308 e. The fraction of sp³-hybridized carbons (Fsp3) is 0.417. The molecule has 1 aromatic rings. The third-order valence-electron chi connectivity index (χ3n) is 3.33. The van der Waals surface area contributed by atoms with Gasteiger partial charge in [-0.05, 0) is 18.9 Å². The summed E-state index contributed by atoms with van der Waals surface area (Å²) >= 11 is 5.69. The molecule has 2 rings (SSSR count). The molecule has 1 amide bonds. The van der Waals surface area contributed by atoms with E-state index in [-0.39, 0.29) is 17.3 Å². The van der Waals surface area contributed by atoms with Crippen LogP contribution in [-0.2, 0) is 4.79 Å². The molecule has 1 aliphatic heterocycles. The molecule has 0 bridgehead atoms. The van der Waals surface area contributed by atoms with Gasteiger partial charge in [-0.15, -0.1) is 0 Å². The Morgan fingerprint density at radius 2 is 2.24 bits per heavy atom. The highest BCUT2D eigenvalue weighted by Gasteiger charge is 2.31. The first-order chi connectivity index (χ1) is 9.90. The number of hydrogen-bond donors (Lipinski definition) is 1. The molecule has 0 spiro atoms. The number of rotatable bonds is 3. The van der Waals surface area contributed by atoms with Crippen molar-refractivity contribution in [2.75, 3.05) is 13.1 Å². The van der Waals surface area contributed by atoms with Gasteiger partial charge in [-0.1, -0.05) is 11.6 Å². The largest absolute Gasteiger partial charge is 0.481 e. The summed E-state index contributed by atoms with van der Waals surface area (Å²) in [5.74, 6) is -2.23. The van der Waals surface area contributed by atoms with E-state index >= 15 is 0 Å². The molecule has 1 aliphatic rings. The minimum Gasteiger partial charge on any atom is -0.481 e. The summed E-state index contributed by atoms with van der Waals surface area (Å²) in [6, 6.07) is 1.13. The maximum atomic E-state index is 12.4. The standard InChI is InChI=1S/C12H12ClN3O5/c13-10-4-8(9(5-14-10)16(20)21)11(17)15-3-1-2-7(6-15)12(18)19/h4-5,7H,1-3,6H2,(H,18,19)/t7-/m1/s1. The summed E-state index contributed by atoms with van der Waals surface area (Å²) in [5, 5.41) is 19.9. The third kappa shape index (κ3) is 3.27. The Kier molecular flexibility index (Phi) is 4.37. The fourth-order valence-corrected chi connectivity index (χ4v) is 2.43. The molecule has 0 aliphatic carbocycles. The van der Waals surface area contributed by atoms with Gasteiger partial charge in [0.15, 0.2) is 0 Å². The molecule has 0 aromatic carbocycles. The molecule has 0 radical (unpaired) electrons. The number of carboxylic acid groups (broad SMARTS) is 1. The van der Waals surface area contributed by atoms with E-state index in [4.69, 9.17) is 16.7 Å². The number of aromatic nitrogens is 1. The number of likely N-dealkylation sites (tertiary alicyclic amines) is 1. The lowest BCUT2D eigenvalue weighted by molar-refractivity contribution is -0.385. The molecule has 9 heteroatoms. The van der Waals surface area contributed by atoms with Gasteiger partial charge in [0.2, 0.25) is 0 Å². The van der Waals surface area contributed by atoms with Gasteiger partial charge in [0.25, 0.3) is 11.6 Å². The predicted molar refractivity (Wildman–Crippen MR) is 72.2 cm³/mol. The van der Waals surface area contributed by atoms with Crippen LogP contribution >= 0.6 is 11.6 Å². The lowest BCUT2D eigenvalue weighted by atomic mass is 9.97. The fourth-order valence-electron chi connectivity index (χ4n) is 2.27. The molecule has 21 heavy (non-hydrogen) atoms. The zero-order valence-corrected chi connectivity index (χ0v) is 11.6. The Morgan fingerprint density at radius 3 is 2.86 bits per heavy atom. The van der Waals surface area contributed by atoms with Crippen molar-refractivity contribution in [3.05, 3.63) is 33.1 Å². The lowest BCUT2D eigenvalue weighted by Crippen LogP contribution is -2.42. The second-order valence-corrected chi connectivity index (χ2v) is 5.10. The Balaban J connectivity index is 2.29. The van der Waals surface area contributed by atoms with Gasteiger partial charge in [0.1, 0.15) is 16.9 Å². The van der Waals surface area contributed by atoms with E-state index in [0.29, 0.717) is 19.4 Å². The highest BCUT2D eigenvalue weighted by atomic mass is 35.5. The molecule has 0 saturated carbocycles. The first kappa shape index (κ1) is 15.2. The zero-order chi connectivity index (χ0) is 15.6. The Labute approximate surface area is 124 Å². The van der Waals surface area contributed by atoms with Gasteiger partial charge in [-0.25, -0.2) is 4.98 Å². The molecular weight excluding hydrogens is 302 g/mol. The van der Waals surface area contributed by atoms with Crippen molar-refractivity contribution < 1.29 is 19.6 Å². The Morgan fingerprint density at radius 1 is 1.52 bits per heavy atom. The number of carboxylic acids is 1.